The van der Waals surface area contributed by atoms with Gasteiger partial charge >= 0.3 is 0 Å². The summed E-state index contributed by atoms with van der Waals surface area (Å²) in [5.41, 5.74) is 0.0133. The third kappa shape index (κ3) is 3.42. The molecule has 0 bridgehead atoms. The summed E-state index contributed by atoms with van der Waals surface area (Å²) in [6, 6.07) is 1.52. The van der Waals surface area contributed by atoms with Crippen LogP contribution in [-0.2, 0) is 0 Å². The number of piperidine rings is 1. The van der Waals surface area contributed by atoms with Crippen molar-refractivity contribution in [2.75, 3.05) is 31.6 Å². The number of halogens is 1. The Morgan fingerprint density at radius 1 is 1.68 bits per heavy atom. The molecular formula is C12H17BrN4O2. The topological polar surface area (TPSA) is 71.3 Å². The molecule has 0 saturated carbocycles. The molecule has 104 valence electrons. The zero-order valence-corrected chi connectivity index (χ0v) is 12.4. The lowest BCUT2D eigenvalue weighted by atomic mass is 9.98. The van der Waals surface area contributed by atoms with Crippen molar-refractivity contribution in [1.82, 2.24) is 10.3 Å². The van der Waals surface area contributed by atoms with E-state index in [4.69, 9.17) is 0 Å². The molecule has 0 aliphatic carbocycles. The average Bonchev–Trinajstić information content (AvgIpc) is 2.39. The summed E-state index contributed by atoms with van der Waals surface area (Å²) in [7, 11) is 1.96. The van der Waals surface area contributed by atoms with Gasteiger partial charge in [0, 0.05) is 19.2 Å². The van der Waals surface area contributed by atoms with E-state index < -0.39 is 4.92 Å². The van der Waals surface area contributed by atoms with Gasteiger partial charge in [0.15, 0.2) is 0 Å². The van der Waals surface area contributed by atoms with Gasteiger partial charge in [0.05, 0.1) is 9.40 Å². The van der Waals surface area contributed by atoms with Gasteiger partial charge in [-0.25, -0.2) is 4.98 Å². The summed E-state index contributed by atoms with van der Waals surface area (Å²) < 4.78 is 0.687. The Kier molecular flexibility index (Phi) is 4.71. The molecule has 2 rings (SSSR count). The van der Waals surface area contributed by atoms with Crippen molar-refractivity contribution in [3.63, 3.8) is 0 Å². The van der Waals surface area contributed by atoms with Crippen molar-refractivity contribution in [2.45, 2.75) is 12.8 Å². The lowest BCUT2D eigenvalue weighted by Gasteiger charge is -2.33. The third-order valence-electron chi connectivity index (χ3n) is 3.33. The van der Waals surface area contributed by atoms with Crippen molar-refractivity contribution in [2.24, 2.45) is 5.92 Å². The third-order valence-corrected chi connectivity index (χ3v) is 3.91. The number of hydrogen-bond acceptors (Lipinski definition) is 5. The highest BCUT2D eigenvalue weighted by molar-refractivity contribution is 9.10. The Morgan fingerprint density at radius 2 is 2.47 bits per heavy atom. The molecule has 6 nitrogen and oxygen atoms in total. The van der Waals surface area contributed by atoms with E-state index in [0.717, 1.165) is 31.9 Å². The highest BCUT2D eigenvalue weighted by Gasteiger charge is 2.23. The minimum Gasteiger partial charge on any atom is -0.355 e. The maximum Gasteiger partial charge on any atom is 0.288 e. The van der Waals surface area contributed by atoms with E-state index in [0.29, 0.717) is 10.4 Å². The second-order valence-electron chi connectivity index (χ2n) is 4.77. The van der Waals surface area contributed by atoms with Crippen LogP contribution in [0.4, 0.5) is 11.5 Å². The monoisotopic (exact) mass is 328 g/mol. The first-order chi connectivity index (χ1) is 9.11. The normalized spacial score (nSPS) is 19.5. The van der Waals surface area contributed by atoms with Crippen LogP contribution in [0.5, 0.6) is 0 Å². The molecule has 0 radical (unpaired) electrons. The largest absolute Gasteiger partial charge is 0.355 e. The van der Waals surface area contributed by atoms with E-state index in [1.807, 2.05) is 7.05 Å². The fraction of sp³-hybridized carbons (Fsp3) is 0.583. The quantitative estimate of drug-likeness (QED) is 0.677. The first kappa shape index (κ1) is 14.2. The number of nitrogens with one attached hydrogen (secondary N) is 1. The molecule has 1 unspecified atom stereocenters. The Labute approximate surface area is 120 Å². The molecule has 1 aliphatic rings. The lowest BCUT2D eigenvalue weighted by molar-refractivity contribution is -0.385. The molecule has 0 spiro atoms. The van der Waals surface area contributed by atoms with Gasteiger partial charge in [0.2, 0.25) is 0 Å². The second kappa shape index (κ2) is 6.29. The molecule has 1 N–H and O–H groups in total. The van der Waals surface area contributed by atoms with Gasteiger partial charge in [-0.3, -0.25) is 10.1 Å². The van der Waals surface area contributed by atoms with Crippen molar-refractivity contribution in [1.29, 1.82) is 0 Å². The number of hydrogen-bond donors (Lipinski definition) is 1. The molecule has 1 atom stereocenters. The summed E-state index contributed by atoms with van der Waals surface area (Å²) in [6.45, 7) is 2.87. The lowest BCUT2D eigenvalue weighted by Crippen LogP contribution is -2.39. The smallest absolute Gasteiger partial charge is 0.288 e. The zero-order valence-electron chi connectivity index (χ0n) is 10.8. The minimum absolute atomic E-state index is 0.0133. The van der Waals surface area contributed by atoms with E-state index in [1.54, 1.807) is 0 Å². The van der Waals surface area contributed by atoms with Crippen LogP contribution in [0, 0.1) is 16.0 Å². The zero-order chi connectivity index (χ0) is 13.8. The van der Waals surface area contributed by atoms with Gasteiger partial charge in [-0.15, -0.1) is 0 Å². The van der Waals surface area contributed by atoms with Crippen molar-refractivity contribution in [3.8, 4) is 0 Å². The molecule has 1 aliphatic heterocycles. The van der Waals surface area contributed by atoms with E-state index in [2.05, 4.69) is 31.1 Å². The van der Waals surface area contributed by atoms with E-state index >= 15 is 0 Å². The first-order valence-corrected chi connectivity index (χ1v) is 7.10. The van der Waals surface area contributed by atoms with Gasteiger partial charge in [-0.2, -0.15) is 0 Å². The van der Waals surface area contributed by atoms with Gasteiger partial charge in [-0.05, 0) is 48.3 Å². The number of anilines is 1. The average molecular weight is 329 g/mol. The van der Waals surface area contributed by atoms with Crippen LogP contribution in [-0.4, -0.2) is 36.6 Å². The van der Waals surface area contributed by atoms with Crippen molar-refractivity contribution < 1.29 is 4.92 Å². The summed E-state index contributed by atoms with van der Waals surface area (Å²) in [6.07, 6.45) is 3.65. The molecule has 7 heteroatoms. The standard InChI is InChI=1S/C12H17BrN4O2/c1-14-6-9-3-2-4-16(8-9)12-11(13)5-10(7-15-12)17(18)19/h5,7,9,14H,2-4,6,8H2,1H3. The predicted molar refractivity (Wildman–Crippen MR) is 77.5 cm³/mol. The number of nitrogens with zero attached hydrogens (tertiary/aromatic N) is 3. The molecular weight excluding hydrogens is 312 g/mol. The van der Waals surface area contributed by atoms with Gasteiger partial charge in [-0.1, -0.05) is 0 Å². The highest BCUT2D eigenvalue weighted by atomic mass is 79.9. The van der Waals surface area contributed by atoms with Crippen LogP contribution in [0.2, 0.25) is 0 Å². The SMILES string of the molecule is CNCC1CCCN(c2ncc([N+](=O)[O-])cc2Br)C1. The van der Waals surface area contributed by atoms with Crippen molar-refractivity contribution in [3.05, 3.63) is 26.9 Å². The molecule has 1 saturated heterocycles. The van der Waals surface area contributed by atoms with E-state index in [9.17, 15) is 10.1 Å². The summed E-state index contributed by atoms with van der Waals surface area (Å²) in [5.74, 6) is 1.40. The number of nitro groups is 1. The summed E-state index contributed by atoms with van der Waals surface area (Å²) >= 11 is 3.39. The molecule has 2 heterocycles. The van der Waals surface area contributed by atoms with Crippen LogP contribution in [0.15, 0.2) is 16.7 Å². The van der Waals surface area contributed by atoms with Crippen LogP contribution in [0.1, 0.15) is 12.8 Å². The summed E-state index contributed by atoms with van der Waals surface area (Å²) in [4.78, 5) is 16.7. The van der Waals surface area contributed by atoms with E-state index in [1.165, 1.54) is 18.7 Å². The molecule has 1 aromatic rings. The predicted octanol–water partition coefficient (Wildman–Crippen LogP) is 2.19. The van der Waals surface area contributed by atoms with Crippen LogP contribution in [0.25, 0.3) is 0 Å². The minimum atomic E-state index is -0.429. The molecule has 0 aromatic carbocycles. The second-order valence-corrected chi connectivity index (χ2v) is 5.62. The van der Waals surface area contributed by atoms with Gasteiger partial charge in [0.25, 0.3) is 5.69 Å². The Hall–Kier alpha value is -1.21. The van der Waals surface area contributed by atoms with Crippen LogP contribution in [0.3, 0.4) is 0 Å². The van der Waals surface area contributed by atoms with E-state index in [-0.39, 0.29) is 5.69 Å². The van der Waals surface area contributed by atoms with Gasteiger partial charge < -0.3 is 10.2 Å². The Bertz CT molecular complexity index is 467. The first-order valence-electron chi connectivity index (χ1n) is 6.31. The Morgan fingerprint density at radius 3 is 3.11 bits per heavy atom. The molecule has 0 amide bonds. The number of pyridine rings is 1. The number of aromatic nitrogens is 1. The number of rotatable bonds is 4. The highest BCUT2D eigenvalue weighted by Crippen LogP contribution is 2.30. The van der Waals surface area contributed by atoms with Crippen LogP contribution < -0.4 is 10.2 Å². The maximum absolute atomic E-state index is 10.7. The Balaban J connectivity index is 2.15. The maximum atomic E-state index is 10.7. The van der Waals surface area contributed by atoms with Crippen LogP contribution >= 0.6 is 15.9 Å². The molecule has 1 fully saturated rings. The van der Waals surface area contributed by atoms with Crippen molar-refractivity contribution >= 4 is 27.4 Å². The summed E-state index contributed by atoms with van der Waals surface area (Å²) in [5, 5.41) is 13.9. The molecule has 19 heavy (non-hydrogen) atoms. The molecule has 1 aromatic heterocycles. The van der Waals surface area contributed by atoms with Gasteiger partial charge in [0.1, 0.15) is 12.0 Å². The fourth-order valence-corrected chi connectivity index (χ4v) is 3.05. The fourth-order valence-electron chi connectivity index (χ4n) is 2.47.